The number of hydrogen-bond donors (Lipinski definition) is 1. The number of carbonyl (C=O) groups excluding carboxylic acids is 2. The zero-order valence-corrected chi connectivity index (χ0v) is 5.33. The molecule has 0 amide bonds. The topological polar surface area (TPSA) is 54.4 Å². The van der Waals surface area contributed by atoms with Crippen LogP contribution in [0.25, 0.3) is 0 Å². The van der Waals surface area contributed by atoms with Crippen LogP contribution in [0.4, 0.5) is 0 Å². The van der Waals surface area contributed by atoms with Crippen molar-refractivity contribution in [1.82, 2.24) is 0 Å². The molecule has 3 nitrogen and oxygen atoms in total. The zero-order chi connectivity index (χ0) is 7.70. The van der Waals surface area contributed by atoms with Gasteiger partial charge in [-0.1, -0.05) is 6.58 Å². The molecular weight excluding hydrogens is 120 g/mol. The SMILES string of the molecule is C=CC=O.CC(=O)CO. The van der Waals surface area contributed by atoms with Crippen LogP contribution in [0.1, 0.15) is 6.92 Å². The molecule has 52 valence electrons. The predicted octanol–water partition coefficient (Wildman–Crippen LogP) is -0.0610. The lowest BCUT2D eigenvalue weighted by atomic mass is 10.5. The number of aliphatic hydroxyl groups excluding tert-OH is 1. The van der Waals surface area contributed by atoms with Gasteiger partial charge in [0.1, 0.15) is 12.9 Å². The van der Waals surface area contributed by atoms with Crippen molar-refractivity contribution in [2.75, 3.05) is 6.61 Å². The first kappa shape index (κ1) is 10.9. The third-order valence-electron chi connectivity index (χ3n) is 0.319. The minimum Gasteiger partial charge on any atom is -0.389 e. The van der Waals surface area contributed by atoms with Crippen molar-refractivity contribution in [3.05, 3.63) is 12.7 Å². The van der Waals surface area contributed by atoms with Crippen LogP contribution in [0.3, 0.4) is 0 Å². The molecule has 0 aromatic heterocycles. The second-order valence-corrected chi connectivity index (χ2v) is 1.23. The van der Waals surface area contributed by atoms with Gasteiger partial charge in [0.25, 0.3) is 0 Å². The average Bonchev–Trinajstić information content (AvgIpc) is 1.89. The van der Waals surface area contributed by atoms with Gasteiger partial charge in [-0.3, -0.25) is 9.59 Å². The highest BCUT2D eigenvalue weighted by Gasteiger charge is 1.78. The lowest BCUT2D eigenvalue weighted by molar-refractivity contribution is -0.119. The van der Waals surface area contributed by atoms with Crippen LogP contribution >= 0.6 is 0 Å². The van der Waals surface area contributed by atoms with Crippen LogP contribution < -0.4 is 0 Å². The van der Waals surface area contributed by atoms with E-state index < -0.39 is 0 Å². The van der Waals surface area contributed by atoms with Crippen molar-refractivity contribution in [1.29, 1.82) is 0 Å². The lowest BCUT2D eigenvalue weighted by Gasteiger charge is -1.72. The summed E-state index contributed by atoms with van der Waals surface area (Å²) < 4.78 is 0. The first-order valence-corrected chi connectivity index (χ1v) is 2.35. The minimum absolute atomic E-state index is 0.190. The van der Waals surface area contributed by atoms with Gasteiger partial charge in [-0.05, 0) is 13.0 Å². The number of aliphatic hydroxyl groups is 1. The maximum absolute atomic E-state index is 9.56. The smallest absolute Gasteiger partial charge is 0.155 e. The fraction of sp³-hybridized carbons (Fsp3) is 0.333. The molecule has 0 aliphatic heterocycles. The van der Waals surface area contributed by atoms with Crippen LogP contribution in [0, 0.1) is 0 Å². The maximum atomic E-state index is 9.56. The number of rotatable bonds is 2. The Morgan fingerprint density at radius 1 is 1.78 bits per heavy atom. The summed E-state index contributed by atoms with van der Waals surface area (Å²) in [6.07, 6.45) is 1.83. The number of allylic oxidation sites excluding steroid dienone is 1. The van der Waals surface area contributed by atoms with E-state index in [-0.39, 0.29) is 12.4 Å². The Morgan fingerprint density at radius 3 is 2.00 bits per heavy atom. The Kier molecular flexibility index (Phi) is 12.3. The van der Waals surface area contributed by atoms with Crippen LogP contribution in [-0.2, 0) is 9.59 Å². The summed E-state index contributed by atoms with van der Waals surface area (Å²) in [7, 11) is 0. The molecule has 0 aliphatic carbocycles. The van der Waals surface area contributed by atoms with Gasteiger partial charge in [-0.15, -0.1) is 0 Å². The van der Waals surface area contributed by atoms with Crippen LogP contribution in [0.15, 0.2) is 12.7 Å². The van der Waals surface area contributed by atoms with Gasteiger partial charge in [0.2, 0.25) is 0 Å². The minimum atomic E-state index is -0.333. The Hall–Kier alpha value is -0.960. The fourth-order valence-electron chi connectivity index (χ4n) is 0. The standard InChI is InChI=1S/C3H6O2.C3H4O/c1-3(5)2-4;1-2-3-4/h4H,2H2,1H3;2-3H,1H2. The average molecular weight is 130 g/mol. The summed E-state index contributed by atoms with van der Waals surface area (Å²) in [6, 6.07) is 0. The Morgan fingerprint density at radius 2 is 2.00 bits per heavy atom. The monoisotopic (exact) mass is 130 g/mol. The molecule has 0 saturated heterocycles. The number of ketones is 1. The lowest BCUT2D eigenvalue weighted by Crippen LogP contribution is -1.93. The van der Waals surface area contributed by atoms with Gasteiger partial charge in [0, 0.05) is 0 Å². The molecule has 0 aliphatic rings. The Bertz CT molecular complexity index is 90.5. The molecule has 3 heteroatoms. The van der Waals surface area contributed by atoms with Crippen molar-refractivity contribution in [3.8, 4) is 0 Å². The van der Waals surface area contributed by atoms with Gasteiger partial charge >= 0.3 is 0 Å². The predicted molar refractivity (Wildman–Crippen MR) is 34.0 cm³/mol. The number of aldehydes is 1. The molecule has 0 bridgehead atoms. The van der Waals surface area contributed by atoms with E-state index in [0.29, 0.717) is 6.29 Å². The summed E-state index contributed by atoms with van der Waals surface area (Å²) in [5.74, 6) is -0.190. The second kappa shape index (κ2) is 10.1. The third-order valence-corrected chi connectivity index (χ3v) is 0.319. The summed E-state index contributed by atoms with van der Waals surface area (Å²) in [6.45, 7) is 4.11. The Labute approximate surface area is 54.0 Å². The molecule has 0 unspecified atom stereocenters. The first-order valence-electron chi connectivity index (χ1n) is 2.35. The molecule has 0 rings (SSSR count). The molecule has 0 spiro atoms. The van der Waals surface area contributed by atoms with Crippen molar-refractivity contribution < 1.29 is 14.7 Å². The van der Waals surface area contributed by atoms with Crippen molar-refractivity contribution in [2.24, 2.45) is 0 Å². The van der Waals surface area contributed by atoms with E-state index in [4.69, 9.17) is 9.90 Å². The zero-order valence-electron chi connectivity index (χ0n) is 5.33. The maximum Gasteiger partial charge on any atom is 0.155 e. The Balaban J connectivity index is 0. The summed E-state index contributed by atoms with van der Waals surface area (Å²) in [4.78, 5) is 18.6. The van der Waals surface area contributed by atoms with Crippen molar-refractivity contribution in [2.45, 2.75) is 6.92 Å². The summed E-state index contributed by atoms with van der Waals surface area (Å²) in [5.41, 5.74) is 0. The fourth-order valence-corrected chi connectivity index (χ4v) is 0. The quantitative estimate of drug-likeness (QED) is 0.421. The highest BCUT2D eigenvalue weighted by molar-refractivity contribution is 5.76. The number of hydrogen-bond acceptors (Lipinski definition) is 3. The van der Waals surface area contributed by atoms with E-state index >= 15 is 0 Å². The first-order chi connectivity index (χ1) is 4.18. The summed E-state index contributed by atoms with van der Waals surface area (Å²) >= 11 is 0. The van der Waals surface area contributed by atoms with Crippen LogP contribution in [0.5, 0.6) is 0 Å². The highest BCUT2D eigenvalue weighted by atomic mass is 16.3. The van der Waals surface area contributed by atoms with Gasteiger partial charge < -0.3 is 5.11 Å². The molecule has 0 heterocycles. The number of Topliss-reactive ketones (excluding diaryl/α,β-unsaturated/α-hetero) is 1. The van der Waals surface area contributed by atoms with E-state index in [9.17, 15) is 4.79 Å². The van der Waals surface area contributed by atoms with E-state index in [1.165, 1.54) is 13.0 Å². The third kappa shape index (κ3) is 43.0. The van der Waals surface area contributed by atoms with Gasteiger partial charge in [0.05, 0.1) is 0 Å². The van der Waals surface area contributed by atoms with E-state index in [2.05, 4.69) is 6.58 Å². The molecule has 0 aromatic carbocycles. The molecule has 1 N–H and O–H groups in total. The van der Waals surface area contributed by atoms with Gasteiger partial charge in [-0.2, -0.15) is 0 Å². The normalized spacial score (nSPS) is 6.44. The molecule has 0 aromatic rings. The second-order valence-electron chi connectivity index (χ2n) is 1.23. The number of carbonyl (C=O) groups is 2. The molecule has 0 fully saturated rings. The van der Waals surface area contributed by atoms with E-state index in [1.54, 1.807) is 0 Å². The van der Waals surface area contributed by atoms with E-state index in [0.717, 1.165) is 0 Å². The molecule has 0 atom stereocenters. The van der Waals surface area contributed by atoms with Gasteiger partial charge in [-0.25, -0.2) is 0 Å². The summed E-state index contributed by atoms with van der Waals surface area (Å²) in [5, 5.41) is 7.79. The largest absolute Gasteiger partial charge is 0.389 e. The van der Waals surface area contributed by atoms with E-state index in [1.807, 2.05) is 0 Å². The molecule has 0 saturated carbocycles. The van der Waals surface area contributed by atoms with Crippen LogP contribution in [-0.4, -0.2) is 23.8 Å². The van der Waals surface area contributed by atoms with Crippen molar-refractivity contribution >= 4 is 12.1 Å². The molecule has 0 radical (unpaired) electrons. The highest BCUT2D eigenvalue weighted by Crippen LogP contribution is 1.55. The molecule has 9 heavy (non-hydrogen) atoms. The molecular formula is C6H10O3. The van der Waals surface area contributed by atoms with Crippen LogP contribution in [0.2, 0.25) is 0 Å². The van der Waals surface area contributed by atoms with Crippen molar-refractivity contribution in [3.63, 3.8) is 0 Å². The van der Waals surface area contributed by atoms with Gasteiger partial charge in [0.15, 0.2) is 5.78 Å².